The molecule has 2 bridgehead atoms. The summed E-state index contributed by atoms with van der Waals surface area (Å²) in [4.78, 5) is 13.7. The Labute approximate surface area is 165 Å². The number of hydrogen-bond donors (Lipinski definition) is 0. The van der Waals surface area contributed by atoms with Gasteiger partial charge in [-0.1, -0.05) is 26.8 Å². The summed E-state index contributed by atoms with van der Waals surface area (Å²) in [5, 5.41) is 0. The van der Waals surface area contributed by atoms with Crippen LogP contribution >= 0.6 is 0 Å². The van der Waals surface area contributed by atoms with Gasteiger partial charge in [-0.3, -0.25) is 4.79 Å². The molecule has 0 amide bonds. The van der Waals surface area contributed by atoms with Gasteiger partial charge >= 0.3 is 0 Å². The van der Waals surface area contributed by atoms with Gasteiger partial charge in [-0.05, 0) is 56.3 Å². The van der Waals surface area contributed by atoms with Crippen LogP contribution in [0.25, 0.3) is 0 Å². The molecule has 0 aliphatic heterocycles. The van der Waals surface area contributed by atoms with E-state index in [1.165, 1.54) is 0 Å². The Morgan fingerprint density at radius 3 is 2.44 bits per heavy atom. The highest BCUT2D eigenvalue weighted by Gasteiger charge is 2.67. The number of rotatable bonds is 5. The molecule has 3 aliphatic carbocycles. The van der Waals surface area contributed by atoms with E-state index in [1.54, 1.807) is 7.11 Å². The lowest BCUT2D eigenvalue weighted by atomic mass is 9.44. The maximum atomic E-state index is 13.7. The third-order valence-electron chi connectivity index (χ3n) is 8.92. The molecule has 0 radical (unpaired) electrons. The molecule has 0 N–H and O–H groups in total. The first kappa shape index (κ1) is 21.0. The Morgan fingerprint density at radius 1 is 1.19 bits per heavy atom. The lowest BCUT2D eigenvalue weighted by Gasteiger charge is -2.62. The third kappa shape index (κ3) is 2.86. The van der Waals surface area contributed by atoms with E-state index in [1.807, 2.05) is 20.1 Å². The van der Waals surface area contributed by atoms with E-state index in [0.717, 1.165) is 25.7 Å². The normalized spacial score (nSPS) is 50.0. The number of hydrogen-bond acceptors (Lipinski definition) is 4. The second-order valence-corrected chi connectivity index (χ2v) is 9.80. The number of carbonyl (C=O) groups is 1. The molecule has 3 rings (SSSR count). The molecule has 0 unspecified atom stereocenters. The minimum Gasteiger partial charge on any atom is -0.381 e. The van der Waals surface area contributed by atoms with Crippen LogP contribution in [0, 0.1) is 34.0 Å². The van der Waals surface area contributed by atoms with Gasteiger partial charge in [-0.2, -0.15) is 0 Å². The second-order valence-electron chi connectivity index (χ2n) is 9.80. The Bertz CT molecular complexity index is 589. The second kappa shape index (κ2) is 7.27. The minimum atomic E-state index is -0.570. The largest absolute Gasteiger partial charge is 0.381 e. The lowest BCUT2D eigenvalue weighted by molar-refractivity contribution is -0.217. The number of methoxy groups -OCH3 is 2. The maximum absolute atomic E-state index is 13.7. The zero-order valence-electron chi connectivity index (χ0n) is 18.0. The smallest absolute Gasteiger partial charge is 0.146 e. The molecule has 0 spiro atoms. The van der Waals surface area contributed by atoms with Gasteiger partial charge in [0.15, 0.2) is 0 Å². The van der Waals surface area contributed by atoms with Gasteiger partial charge in [0, 0.05) is 31.0 Å². The van der Waals surface area contributed by atoms with Crippen LogP contribution in [0.5, 0.6) is 0 Å². The average Bonchev–Trinajstić information content (AvgIpc) is 3.07. The van der Waals surface area contributed by atoms with Gasteiger partial charge in [0.1, 0.15) is 12.6 Å². The summed E-state index contributed by atoms with van der Waals surface area (Å²) in [6, 6.07) is 0. The predicted molar refractivity (Wildman–Crippen MR) is 106 cm³/mol. The summed E-state index contributed by atoms with van der Waals surface area (Å²) in [5.74, 6) is 1.17. The predicted octanol–water partition coefficient (Wildman–Crippen LogP) is 4.62. The van der Waals surface area contributed by atoms with Crippen LogP contribution in [0.1, 0.15) is 59.8 Å². The summed E-state index contributed by atoms with van der Waals surface area (Å²) in [7, 11) is 3.49. The van der Waals surface area contributed by atoms with Crippen molar-refractivity contribution in [2.24, 2.45) is 34.0 Å². The SMILES string of the molecule is C=C[C@]1(C)C[C@H](OCOC)[C@]2(C)[C@H](C)CC[C@]3(CC[C@@H](OC)[C@@H]32)[C@@H](C)C1=O. The molecule has 0 heterocycles. The van der Waals surface area contributed by atoms with Crippen LogP contribution in [-0.4, -0.2) is 39.0 Å². The highest BCUT2D eigenvalue weighted by atomic mass is 16.7. The first-order valence-electron chi connectivity index (χ1n) is 10.5. The summed E-state index contributed by atoms with van der Waals surface area (Å²) >= 11 is 0. The number of Topliss-reactive ketones (excluding diaryl/α,β-unsaturated/α-hetero) is 1. The fourth-order valence-corrected chi connectivity index (χ4v) is 7.01. The summed E-state index contributed by atoms with van der Waals surface area (Å²) < 4.78 is 17.6. The van der Waals surface area contributed by atoms with E-state index in [4.69, 9.17) is 14.2 Å². The van der Waals surface area contributed by atoms with Gasteiger partial charge in [0.25, 0.3) is 0 Å². The van der Waals surface area contributed by atoms with Crippen molar-refractivity contribution < 1.29 is 19.0 Å². The monoisotopic (exact) mass is 378 g/mol. The fourth-order valence-electron chi connectivity index (χ4n) is 7.01. The Kier molecular flexibility index (Phi) is 5.66. The van der Waals surface area contributed by atoms with E-state index >= 15 is 0 Å². The Balaban J connectivity index is 2.19. The van der Waals surface area contributed by atoms with Crippen molar-refractivity contribution in [1.29, 1.82) is 0 Å². The van der Waals surface area contributed by atoms with Gasteiger partial charge in [-0.25, -0.2) is 0 Å². The van der Waals surface area contributed by atoms with Gasteiger partial charge in [0.2, 0.25) is 0 Å². The van der Waals surface area contributed by atoms with Crippen LogP contribution < -0.4 is 0 Å². The van der Waals surface area contributed by atoms with Crippen molar-refractivity contribution in [3.8, 4) is 0 Å². The molecular formula is C23H38O4. The average molecular weight is 379 g/mol. The summed E-state index contributed by atoms with van der Waals surface area (Å²) in [6.45, 7) is 13.3. The number of carbonyl (C=O) groups excluding carboxylic acids is 1. The van der Waals surface area contributed by atoms with Crippen molar-refractivity contribution in [2.75, 3.05) is 21.0 Å². The first-order chi connectivity index (χ1) is 12.7. The number of allylic oxidation sites excluding steroid dienone is 1. The molecule has 3 fully saturated rings. The number of ether oxygens (including phenoxy) is 3. The van der Waals surface area contributed by atoms with E-state index in [9.17, 15) is 4.79 Å². The summed E-state index contributed by atoms with van der Waals surface area (Å²) in [5.41, 5.74) is -0.634. The van der Waals surface area contributed by atoms with Crippen LogP contribution in [0.15, 0.2) is 12.7 Å². The highest BCUT2D eigenvalue weighted by molar-refractivity contribution is 5.89. The van der Waals surface area contributed by atoms with E-state index in [-0.39, 0.29) is 35.7 Å². The van der Waals surface area contributed by atoms with Crippen molar-refractivity contribution in [1.82, 2.24) is 0 Å². The van der Waals surface area contributed by atoms with E-state index in [0.29, 0.717) is 24.0 Å². The molecule has 0 saturated heterocycles. The van der Waals surface area contributed by atoms with Crippen LogP contribution in [0.2, 0.25) is 0 Å². The molecule has 4 nitrogen and oxygen atoms in total. The van der Waals surface area contributed by atoms with Crippen LogP contribution in [0.3, 0.4) is 0 Å². The Hall–Kier alpha value is -0.710. The standard InChI is InChI=1S/C23H38O4/c1-8-21(4)13-18(27-14-25-6)22(5)15(2)9-11-23(16(3)20(21)24)12-10-17(26-7)19(22)23/h8,15-19H,1,9-14H2,2-7H3/t15-,16+,17-,18+,19-,21-,22+,23+/m1/s1. The van der Waals surface area contributed by atoms with Gasteiger partial charge < -0.3 is 14.2 Å². The van der Waals surface area contributed by atoms with Crippen molar-refractivity contribution in [3.63, 3.8) is 0 Å². The quantitative estimate of drug-likeness (QED) is 0.517. The molecular weight excluding hydrogens is 340 g/mol. The van der Waals surface area contributed by atoms with Crippen LogP contribution in [-0.2, 0) is 19.0 Å². The van der Waals surface area contributed by atoms with Gasteiger partial charge in [-0.15, -0.1) is 6.58 Å². The number of ketones is 1. The maximum Gasteiger partial charge on any atom is 0.146 e. The molecule has 4 heteroatoms. The zero-order valence-corrected chi connectivity index (χ0v) is 18.0. The third-order valence-corrected chi connectivity index (χ3v) is 8.92. The lowest BCUT2D eigenvalue weighted by Crippen LogP contribution is -2.62. The van der Waals surface area contributed by atoms with Crippen LogP contribution in [0.4, 0.5) is 0 Å². The molecule has 8 atom stereocenters. The highest BCUT2D eigenvalue weighted by Crippen LogP contribution is 2.68. The molecule has 0 aromatic heterocycles. The molecule has 3 saturated carbocycles. The molecule has 0 aromatic rings. The van der Waals surface area contributed by atoms with Crippen molar-refractivity contribution in [2.45, 2.75) is 72.0 Å². The minimum absolute atomic E-state index is 0.00160. The zero-order chi connectivity index (χ0) is 20.0. The molecule has 27 heavy (non-hydrogen) atoms. The van der Waals surface area contributed by atoms with Gasteiger partial charge in [0.05, 0.1) is 12.2 Å². The first-order valence-corrected chi connectivity index (χ1v) is 10.5. The topological polar surface area (TPSA) is 44.8 Å². The molecule has 0 aromatic carbocycles. The van der Waals surface area contributed by atoms with E-state index < -0.39 is 5.41 Å². The van der Waals surface area contributed by atoms with Crippen molar-refractivity contribution >= 4 is 5.78 Å². The Morgan fingerprint density at radius 2 is 1.85 bits per heavy atom. The fraction of sp³-hybridized carbons (Fsp3) is 0.870. The molecule has 3 aliphatic rings. The van der Waals surface area contributed by atoms with E-state index in [2.05, 4.69) is 27.4 Å². The summed E-state index contributed by atoms with van der Waals surface area (Å²) in [6.07, 6.45) is 6.98. The van der Waals surface area contributed by atoms with Crippen molar-refractivity contribution in [3.05, 3.63) is 12.7 Å². The molecule has 154 valence electrons.